The Hall–Kier alpha value is -1.93. The molecule has 1 heterocycles. The van der Waals surface area contributed by atoms with E-state index in [1.54, 1.807) is 12.1 Å². The molecule has 1 saturated heterocycles. The summed E-state index contributed by atoms with van der Waals surface area (Å²) < 4.78 is 33.9. The highest BCUT2D eigenvalue weighted by Gasteiger charge is 2.26. The lowest BCUT2D eigenvalue weighted by Gasteiger charge is -2.33. The van der Waals surface area contributed by atoms with Gasteiger partial charge < -0.3 is 9.84 Å². The number of sulfonamides is 1. The standard InChI is InChI=1S/C21H28N2O4S/c1-17-6-2-3-10-21(17)28(25,26)22-19-8-5-11-23(16-19)15-18-7-4-9-20(14-18)27-13-12-24/h2-4,6-7,9-10,14,19,22,24H,5,8,11-13,15-16H2,1H3/t19-/m1/s1. The molecule has 0 bridgehead atoms. The number of aliphatic hydroxyl groups excluding tert-OH is 1. The lowest BCUT2D eigenvalue weighted by molar-refractivity contribution is 0.192. The molecule has 0 saturated carbocycles. The molecule has 1 fully saturated rings. The molecule has 28 heavy (non-hydrogen) atoms. The number of aliphatic hydroxyl groups is 1. The third-order valence-corrected chi connectivity index (χ3v) is 6.56. The SMILES string of the molecule is Cc1ccccc1S(=O)(=O)N[C@@H]1CCCN(Cc2cccc(OCCO)c2)C1. The highest BCUT2D eigenvalue weighted by molar-refractivity contribution is 7.89. The van der Waals surface area contributed by atoms with E-state index in [1.165, 1.54) is 0 Å². The molecule has 3 rings (SSSR count). The smallest absolute Gasteiger partial charge is 0.241 e. The number of rotatable bonds is 8. The Morgan fingerprint density at radius 3 is 2.82 bits per heavy atom. The zero-order valence-electron chi connectivity index (χ0n) is 16.2. The maximum atomic E-state index is 12.8. The van der Waals surface area contributed by atoms with Gasteiger partial charge in [0.25, 0.3) is 0 Å². The number of nitrogens with zero attached hydrogens (tertiary/aromatic N) is 1. The lowest BCUT2D eigenvalue weighted by Crippen LogP contribution is -2.47. The Kier molecular flexibility index (Phi) is 7.07. The van der Waals surface area contributed by atoms with Gasteiger partial charge in [-0.25, -0.2) is 13.1 Å². The topological polar surface area (TPSA) is 78.9 Å². The minimum Gasteiger partial charge on any atom is -0.491 e. The van der Waals surface area contributed by atoms with Crippen LogP contribution >= 0.6 is 0 Å². The molecule has 7 heteroatoms. The van der Waals surface area contributed by atoms with E-state index in [-0.39, 0.29) is 19.3 Å². The Labute approximate surface area is 167 Å². The van der Waals surface area contributed by atoms with E-state index >= 15 is 0 Å². The summed E-state index contributed by atoms with van der Waals surface area (Å²) in [6.07, 6.45) is 1.78. The minimum absolute atomic E-state index is 0.0148. The van der Waals surface area contributed by atoms with E-state index in [0.29, 0.717) is 11.4 Å². The first-order valence-corrected chi connectivity index (χ1v) is 11.1. The van der Waals surface area contributed by atoms with Gasteiger partial charge in [0.1, 0.15) is 12.4 Å². The van der Waals surface area contributed by atoms with Gasteiger partial charge >= 0.3 is 0 Å². The Morgan fingerprint density at radius 2 is 2.04 bits per heavy atom. The molecule has 0 amide bonds. The van der Waals surface area contributed by atoms with Crippen LogP contribution in [0, 0.1) is 6.92 Å². The predicted molar refractivity (Wildman–Crippen MR) is 109 cm³/mol. The molecule has 152 valence electrons. The fourth-order valence-corrected chi connectivity index (χ4v) is 5.10. The summed E-state index contributed by atoms with van der Waals surface area (Å²) in [5.74, 6) is 0.736. The quantitative estimate of drug-likeness (QED) is 0.706. The highest BCUT2D eigenvalue weighted by atomic mass is 32.2. The van der Waals surface area contributed by atoms with Gasteiger partial charge in [0, 0.05) is 19.1 Å². The van der Waals surface area contributed by atoms with E-state index in [4.69, 9.17) is 9.84 Å². The first kappa shape index (κ1) is 20.8. The summed E-state index contributed by atoms with van der Waals surface area (Å²) in [4.78, 5) is 2.61. The molecule has 6 nitrogen and oxygen atoms in total. The second-order valence-corrected chi connectivity index (χ2v) is 8.86. The fourth-order valence-electron chi connectivity index (χ4n) is 3.59. The molecule has 2 N–H and O–H groups in total. The third-order valence-electron chi connectivity index (χ3n) is 4.88. The second kappa shape index (κ2) is 9.52. The van der Waals surface area contributed by atoms with Crippen LogP contribution in [-0.2, 0) is 16.6 Å². The first-order chi connectivity index (χ1) is 13.5. The van der Waals surface area contributed by atoms with Crippen LogP contribution < -0.4 is 9.46 Å². The summed E-state index contributed by atoms with van der Waals surface area (Å²) >= 11 is 0. The number of hydrogen-bond donors (Lipinski definition) is 2. The van der Waals surface area contributed by atoms with Gasteiger partial charge in [0.2, 0.25) is 10.0 Å². The molecular weight excluding hydrogens is 376 g/mol. The molecule has 1 aliphatic heterocycles. The van der Waals surface area contributed by atoms with Gasteiger partial charge in [-0.1, -0.05) is 30.3 Å². The first-order valence-electron chi connectivity index (χ1n) is 9.61. The third kappa shape index (κ3) is 5.54. The van der Waals surface area contributed by atoms with Gasteiger partial charge in [0.05, 0.1) is 11.5 Å². The second-order valence-electron chi connectivity index (χ2n) is 7.18. The number of piperidine rings is 1. The highest BCUT2D eigenvalue weighted by Crippen LogP contribution is 2.20. The maximum Gasteiger partial charge on any atom is 0.241 e. The van der Waals surface area contributed by atoms with Crippen molar-refractivity contribution < 1.29 is 18.3 Å². The van der Waals surface area contributed by atoms with Crippen molar-refractivity contribution in [2.75, 3.05) is 26.3 Å². The normalized spacial score (nSPS) is 18.1. The minimum atomic E-state index is -3.52. The van der Waals surface area contributed by atoms with E-state index in [9.17, 15) is 8.42 Å². The largest absolute Gasteiger partial charge is 0.491 e. The molecule has 0 radical (unpaired) electrons. The van der Waals surface area contributed by atoms with E-state index in [0.717, 1.165) is 42.8 Å². The molecule has 1 aliphatic rings. The van der Waals surface area contributed by atoms with Gasteiger partial charge in [0.15, 0.2) is 0 Å². The maximum absolute atomic E-state index is 12.8. The summed E-state index contributed by atoms with van der Waals surface area (Å²) in [5, 5.41) is 8.89. The zero-order chi connectivity index (χ0) is 20.0. The van der Waals surface area contributed by atoms with Crippen LogP contribution in [0.3, 0.4) is 0 Å². The van der Waals surface area contributed by atoms with Gasteiger partial charge in [-0.15, -0.1) is 0 Å². The van der Waals surface area contributed by atoms with Crippen LogP contribution in [0.1, 0.15) is 24.0 Å². The van der Waals surface area contributed by atoms with Crippen LogP contribution in [-0.4, -0.2) is 50.8 Å². The fraction of sp³-hybridized carbons (Fsp3) is 0.429. The van der Waals surface area contributed by atoms with Crippen molar-refractivity contribution in [3.8, 4) is 5.75 Å². The van der Waals surface area contributed by atoms with E-state index < -0.39 is 10.0 Å². The summed E-state index contributed by atoms with van der Waals surface area (Å²) in [7, 11) is -3.52. The number of likely N-dealkylation sites (tertiary alicyclic amines) is 1. The molecule has 1 atom stereocenters. The van der Waals surface area contributed by atoms with Crippen molar-refractivity contribution in [2.45, 2.75) is 37.2 Å². The molecule has 0 spiro atoms. The van der Waals surface area contributed by atoms with Crippen LogP contribution in [0.25, 0.3) is 0 Å². The Bertz CT molecular complexity index is 885. The summed E-state index contributed by atoms with van der Waals surface area (Å²) in [6, 6.07) is 14.8. The lowest BCUT2D eigenvalue weighted by atomic mass is 10.1. The van der Waals surface area contributed by atoms with Gasteiger partial charge in [-0.2, -0.15) is 0 Å². The van der Waals surface area contributed by atoms with Crippen LogP contribution in [0.2, 0.25) is 0 Å². The van der Waals surface area contributed by atoms with Crippen molar-refractivity contribution in [2.24, 2.45) is 0 Å². The van der Waals surface area contributed by atoms with Crippen molar-refractivity contribution >= 4 is 10.0 Å². The molecule has 0 unspecified atom stereocenters. The number of nitrogens with one attached hydrogen (secondary N) is 1. The Morgan fingerprint density at radius 1 is 1.21 bits per heavy atom. The van der Waals surface area contributed by atoms with E-state index in [1.807, 2.05) is 43.3 Å². The van der Waals surface area contributed by atoms with Gasteiger partial charge in [-0.05, 0) is 55.6 Å². The van der Waals surface area contributed by atoms with Crippen LogP contribution in [0.5, 0.6) is 5.75 Å². The average molecular weight is 405 g/mol. The molecule has 2 aromatic carbocycles. The molecule has 0 aliphatic carbocycles. The van der Waals surface area contributed by atoms with Crippen molar-refractivity contribution in [3.05, 3.63) is 59.7 Å². The van der Waals surface area contributed by atoms with Crippen molar-refractivity contribution in [1.82, 2.24) is 9.62 Å². The summed E-state index contributed by atoms with van der Waals surface area (Å²) in [5.41, 5.74) is 1.86. The van der Waals surface area contributed by atoms with Gasteiger partial charge in [-0.3, -0.25) is 4.90 Å². The van der Waals surface area contributed by atoms with Crippen LogP contribution in [0.15, 0.2) is 53.4 Å². The molecular formula is C21H28N2O4S. The molecule has 0 aromatic heterocycles. The Balaban J connectivity index is 1.62. The monoisotopic (exact) mass is 404 g/mol. The van der Waals surface area contributed by atoms with Crippen molar-refractivity contribution in [1.29, 1.82) is 0 Å². The number of hydrogen-bond acceptors (Lipinski definition) is 5. The average Bonchev–Trinajstić information content (AvgIpc) is 2.67. The van der Waals surface area contributed by atoms with E-state index in [2.05, 4.69) is 9.62 Å². The zero-order valence-corrected chi connectivity index (χ0v) is 17.0. The number of aryl methyl sites for hydroxylation is 1. The number of ether oxygens (including phenoxy) is 1. The summed E-state index contributed by atoms with van der Waals surface area (Å²) in [6.45, 7) is 4.42. The predicted octanol–water partition coefficient (Wildman–Crippen LogP) is 2.31. The molecule has 2 aromatic rings. The number of benzene rings is 2. The van der Waals surface area contributed by atoms with Crippen molar-refractivity contribution in [3.63, 3.8) is 0 Å². The van der Waals surface area contributed by atoms with Crippen LogP contribution in [0.4, 0.5) is 0 Å².